The maximum absolute atomic E-state index is 13.0. The molecule has 0 saturated heterocycles. The lowest BCUT2D eigenvalue weighted by atomic mass is 9.85. The van der Waals surface area contributed by atoms with Gasteiger partial charge in [-0.05, 0) is 35.1 Å². The molecule has 3 rings (SSSR count). The van der Waals surface area contributed by atoms with Gasteiger partial charge in [0, 0.05) is 36.9 Å². The van der Waals surface area contributed by atoms with Gasteiger partial charge in [0.1, 0.15) is 12.4 Å². The van der Waals surface area contributed by atoms with Crippen LogP contribution in [0.15, 0.2) is 65.3 Å². The fraction of sp³-hybridized carbons (Fsp3) is 0.407. The quantitative estimate of drug-likeness (QED) is 0.320. The summed E-state index contributed by atoms with van der Waals surface area (Å²) in [5, 5.41) is 0. The van der Waals surface area contributed by atoms with E-state index in [-0.39, 0.29) is 24.2 Å². The van der Waals surface area contributed by atoms with Crippen LogP contribution in [-0.2, 0) is 31.2 Å². The van der Waals surface area contributed by atoms with Crippen molar-refractivity contribution in [3.63, 3.8) is 0 Å². The zero-order valence-electron chi connectivity index (χ0n) is 20.2. The summed E-state index contributed by atoms with van der Waals surface area (Å²) in [7, 11) is 3.84. The molecule has 0 aliphatic heterocycles. The minimum absolute atomic E-state index is 0.187. The third-order valence-corrected chi connectivity index (χ3v) is 6.87. The second-order valence-corrected chi connectivity index (χ2v) is 10.3. The summed E-state index contributed by atoms with van der Waals surface area (Å²) in [6, 6.07) is 17.7. The molecule has 1 aromatic heterocycles. The normalized spacial score (nSPS) is 12.4. The minimum atomic E-state index is -0.362. The molecule has 1 unspecified atom stereocenters. The van der Waals surface area contributed by atoms with Gasteiger partial charge in [0.15, 0.2) is 0 Å². The van der Waals surface area contributed by atoms with Gasteiger partial charge in [-0.15, -0.1) is 0 Å². The van der Waals surface area contributed by atoms with Crippen LogP contribution in [0, 0.1) is 5.41 Å². The Hall–Kier alpha value is -2.60. The van der Waals surface area contributed by atoms with Crippen molar-refractivity contribution < 1.29 is 9.53 Å². The van der Waals surface area contributed by atoms with Crippen LogP contribution >= 0.6 is 15.9 Å². The Balaban J connectivity index is 1.85. The third kappa shape index (κ3) is 6.70. The van der Waals surface area contributed by atoms with Crippen LogP contribution in [0.4, 0.5) is 4.79 Å². The Kier molecular flexibility index (Phi) is 8.35. The topological polar surface area (TPSA) is 47.4 Å². The Morgan fingerprint density at radius 3 is 2.42 bits per heavy atom. The number of nitrogens with zero attached hydrogens (tertiary/aromatic N) is 3. The van der Waals surface area contributed by atoms with E-state index in [1.54, 1.807) is 11.9 Å². The number of benzene rings is 2. The number of amides is 1. The number of aromatic nitrogens is 2. The highest BCUT2D eigenvalue weighted by Crippen LogP contribution is 2.29. The fourth-order valence-corrected chi connectivity index (χ4v) is 4.01. The Bertz CT molecular complexity index is 1040. The molecule has 33 heavy (non-hydrogen) atoms. The molecule has 0 aliphatic carbocycles. The number of rotatable bonds is 9. The van der Waals surface area contributed by atoms with E-state index in [4.69, 9.17) is 9.72 Å². The molecule has 1 atom stereocenters. The van der Waals surface area contributed by atoms with Gasteiger partial charge in [0.05, 0.1) is 6.04 Å². The molecule has 0 saturated carbocycles. The number of halogens is 1. The van der Waals surface area contributed by atoms with Crippen molar-refractivity contribution in [2.45, 2.75) is 52.7 Å². The summed E-state index contributed by atoms with van der Waals surface area (Å²) in [5.41, 5.74) is 3.45. The Morgan fingerprint density at radius 2 is 1.79 bits per heavy atom. The van der Waals surface area contributed by atoms with Crippen molar-refractivity contribution in [1.82, 2.24) is 14.5 Å². The van der Waals surface area contributed by atoms with Crippen molar-refractivity contribution in [1.29, 1.82) is 0 Å². The van der Waals surface area contributed by atoms with Gasteiger partial charge in [0.2, 0.25) is 0 Å². The van der Waals surface area contributed by atoms with Crippen molar-refractivity contribution in [2.75, 3.05) is 7.05 Å². The van der Waals surface area contributed by atoms with E-state index in [9.17, 15) is 4.79 Å². The highest BCUT2D eigenvalue weighted by atomic mass is 79.9. The zero-order valence-corrected chi connectivity index (χ0v) is 21.8. The van der Waals surface area contributed by atoms with E-state index in [1.807, 2.05) is 55.7 Å². The molecule has 0 N–H and O–H groups in total. The molecule has 1 heterocycles. The highest BCUT2D eigenvalue weighted by molar-refractivity contribution is 9.10. The van der Waals surface area contributed by atoms with Crippen molar-refractivity contribution >= 4 is 22.0 Å². The van der Waals surface area contributed by atoms with E-state index in [0.29, 0.717) is 6.42 Å². The van der Waals surface area contributed by atoms with Crippen molar-refractivity contribution in [2.24, 2.45) is 12.5 Å². The van der Waals surface area contributed by atoms with Crippen LogP contribution < -0.4 is 0 Å². The van der Waals surface area contributed by atoms with Gasteiger partial charge in [-0.2, -0.15) is 0 Å². The molecule has 0 radical (unpaired) electrons. The first-order valence-corrected chi connectivity index (χ1v) is 12.2. The van der Waals surface area contributed by atoms with Crippen molar-refractivity contribution in [3.05, 3.63) is 87.9 Å². The number of hydrogen-bond donors (Lipinski definition) is 0. The van der Waals surface area contributed by atoms with Gasteiger partial charge in [-0.3, -0.25) is 0 Å². The molecule has 2 aromatic carbocycles. The summed E-state index contributed by atoms with van der Waals surface area (Å²) >= 11 is 3.50. The second-order valence-electron chi connectivity index (χ2n) is 9.36. The molecule has 0 spiro atoms. The summed E-state index contributed by atoms with van der Waals surface area (Å²) in [6.07, 6.45) is 4.25. The molecule has 6 heteroatoms. The van der Waals surface area contributed by atoms with Gasteiger partial charge < -0.3 is 14.2 Å². The van der Waals surface area contributed by atoms with Gasteiger partial charge in [-0.1, -0.05) is 85.6 Å². The average Bonchev–Trinajstić information content (AvgIpc) is 3.16. The smallest absolute Gasteiger partial charge is 0.410 e. The van der Waals surface area contributed by atoms with E-state index in [0.717, 1.165) is 34.3 Å². The number of likely N-dealkylation sites (N-methyl/N-ethyl adjacent to an activating group) is 1. The van der Waals surface area contributed by atoms with E-state index in [2.05, 4.69) is 53.4 Å². The van der Waals surface area contributed by atoms with Gasteiger partial charge in [-0.25, -0.2) is 9.78 Å². The molecule has 3 aromatic rings. The summed E-state index contributed by atoms with van der Waals surface area (Å²) in [4.78, 5) is 19.5. The fourth-order valence-electron chi connectivity index (χ4n) is 3.74. The summed E-state index contributed by atoms with van der Waals surface area (Å²) < 4.78 is 8.80. The van der Waals surface area contributed by atoms with Gasteiger partial charge in [0.25, 0.3) is 0 Å². The van der Waals surface area contributed by atoms with Crippen LogP contribution in [0.3, 0.4) is 0 Å². The molecule has 0 bridgehead atoms. The third-order valence-electron chi connectivity index (χ3n) is 6.34. The number of imidazole rings is 1. The lowest BCUT2D eigenvalue weighted by Gasteiger charge is -2.28. The first-order valence-electron chi connectivity index (χ1n) is 11.4. The van der Waals surface area contributed by atoms with E-state index < -0.39 is 0 Å². The molecule has 0 aliphatic rings. The zero-order chi connectivity index (χ0) is 24.0. The van der Waals surface area contributed by atoms with Crippen LogP contribution in [0.1, 0.15) is 55.9 Å². The minimum Gasteiger partial charge on any atom is -0.445 e. The second kappa shape index (κ2) is 11.0. The molecule has 5 nitrogen and oxygen atoms in total. The monoisotopic (exact) mass is 511 g/mol. The number of ether oxygens (including phenoxy) is 1. The predicted molar refractivity (Wildman–Crippen MR) is 136 cm³/mol. The van der Waals surface area contributed by atoms with Gasteiger partial charge >= 0.3 is 6.09 Å². The standard InChI is InChI=1S/C27H34BrN3O2/c1-6-27(2,3)17-23-18-29-25(30(23)4)24(16-20-12-14-22(28)15-13-20)31(5)26(32)33-19-21-10-8-7-9-11-21/h7-15,18,24H,6,16-17,19H2,1-5H3. The largest absolute Gasteiger partial charge is 0.445 e. The Morgan fingerprint density at radius 1 is 1.12 bits per heavy atom. The number of carbonyl (C=O) groups excluding carboxylic acids is 1. The number of hydrogen-bond acceptors (Lipinski definition) is 3. The summed E-state index contributed by atoms with van der Waals surface area (Å²) in [6.45, 7) is 6.99. The lowest BCUT2D eigenvalue weighted by molar-refractivity contribution is 0.0887. The molecular weight excluding hydrogens is 478 g/mol. The van der Waals surface area contributed by atoms with Crippen LogP contribution in [0.25, 0.3) is 0 Å². The maximum atomic E-state index is 13.0. The van der Waals surface area contributed by atoms with Crippen LogP contribution in [-0.4, -0.2) is 27.6 Å². The average molecular weight is 512 g/mol. The maximum Gasteiger partial charge on any atom is 0.410 e. The predicted octanol–water partition coefficient (Wildman–Crippen LogP) is 6.71. The number of carbonyl (C=O) groups is 1. The van der Waals surface area contributed by atoms with Crippen LogP contribution in [0.5, 0.6) is 0 Å². The molecule has 1 amide bonds. The molecule has 176 valence electrons. The molecule has 0 fully saturated rings. The Labute approximate surface area is 205 Å². The SMILES string of the molecule is CCC(C)(C)Cc1cnc(C(Cc2ccc(Br)cc2)N(C)C(=O)OCc2ccccc2)n1C. The highest BCUT2D eigenvalue weighted by Gasteiger charge is 2.28. The lowest BCUT2D eigenvalue weighted by Crippen LogP contribution is -2.34. The van der Waals surface area contributed by atoms with E-state index in [1.165, 1.54) is 5.69 Å². The summed E-state index contributed by atoms with van der Waals surface area (Å²) in [5.74, 6) is 0.860. The van der Waals surface area contributed by atoms with Crippen molar-refractivity contribution in [3.8, 4) is 0 Å². The first kappa shape index (κ1) is 25.0. The molecular formula is C27H34BrN3O2. The first-order chi connectivity index (χ1) is 15.7. The van der Waals surface area contributed by atoms with E-state index >= 15 is 0 Å². The van der Waals surface area contributed by atoms with Crippen LogP contribution in [0.2, 0.25) is 0 Å².